The molecule has 0 saturated heterocycles. The third kappa shape index (κ3) is 2.55. The summed E-state index contributed by atoms with van der Waals surface area (Å²) in [7, 11) is 0. The largest absolute Gasteiger partial charge is 0.310 e. The molecule has 0 atom stereocenters. The summed E-state index contributed by atoms with van der Waals surface area (Å²) in [5.41, 5.74) is 1.40. The van der Waals surface area contributed by atoms with Crippen LogP contribution in [0.4, 0.5) is 0 Å². The average molecular weight is 260 g/mol. The van der Waals surface area contributed by atoms with E-state index in [2.05, 4.69) is 32.7 Å². The second kappa shape index (κ2) is 4.58. The van der Waals surface area contributed by atoms with E-state index in [0.717, 1.165) is 12.6 Å². The van der Waals surface area contributed by atoms with Crippen molar-refractivity contribution in [3.63, 3.8) is 0 Å². The molecular formula is C10H14BrNS. The number of halogens is 1. The van der Waals surface area contributed by atoms with Crippen molar-refractivity contribution in [2.75, 3.05) is 0 Å². The van der Waals surface area contributed by atoms with Crippen LogP contribution in [0.2, 0.25) is 0 Å². The molecule has 0 radical (unpaired) electrons. The Kier molecular flexibility index (Phi) is 3.41. The van der Waals surface area contributed by atoms with Gasteiger partial charge in [-0.05, 0) is 45.8 Å². The van der Waals surface area contributed by atoms with Crippen LogP contribution < -0.4 is 5.32 Å². The minimum absolute atomic E-state index is 0.770. The molecule has 0 spiro atoms. The van der Waals surface area contributed by atoms with Crippen LogP contribution in [0.5, 0.6) is 0 Å². The summed E-state index contributed by atoms with van der Waals surface area (Å²) >= 11 is 5.32. The molecule has 1 N–H and O–H groups in total. The van der Waals surface area contributed by atoms with Crippen LogP contribution in [0.25, 0.3) is 0 Å². The molecule has 0 bridgehead atoms. The average Bonchev–Trinajstić information content (AvgIpc) is 2.72. The lowest BCUT2D eigenvalue weighted by Crippen LogP contribution is -2.25. The molecule has 3 heteroatoms. The molecule has 1 aliphatic carbocycles. The van der Waals surface area contributed by atoms with Gasteiger partial charge in [0.1, 0.15) is 0 Å². The highest BCUT2D eigenvalue weighted by atomic mass is 79.9. The predicted molar refractivity (Wildman–Crippen MR) is 61.1 cm³/mol. The summed E-state index contributed by atoms with van der Waals surface area (Å²) in [5.74, 6) is 0. The minimum atomic E-state index is 0.770. The molecule has 0 aliphatic heterocycles. The number of nitrogens with one attached hydrogen (secondary N) is 1. The summed E-state index contributed by atoms with van der Waals surface area (Å²) < 4.78 is 1.28. The fraction of sp³-hybridized carbons (Fsp3) is 0.600. The minimum Gasteiger partial charge on any atom is -0.310 e. The van der Waals surface area contributed by atoms with E-state index in [1.165, 1.54) is 35.0 Å². The fourth-order valence-electron chi connectivity index (χ4n) is 1.83. The third-order valence-electron chi connectivity index (χ3n) is 2.63. The van der Waals surface area contributed by atoms with Gasteiger partial charge in [-0.15, -0.1) is 11.3 Å². The van der Waals surface area contributed by atoms with Crippen LogP contribution in [0, 0.1) is 0 Å². The zero-order valence-corrected chi connectivity index (χ0v) is 9.96. The van der Waals surface area contributed by atoms with Crippen molar-refractivity contribution in [1.82, 2.24) is 5.32 Å². The van der Waals surface area contributed by atoms with Crippen LogP contribution in [0.1, 0.15) is 31.2 Å². The Hall–Kier alpha value is 0.140. The lowest BCUT2D eigenvalue weighted by atomic mass is 10.2. The quantitative estimate of drug-likeness (QED) is 0.876. The second-order valence-electron chi connectivity index (χ2n) is 3.58. The monoisotopic (exact) mass is 259 g/mol. The van der Waals surface area contributed by atoms with Gasteiger partial charge < -0.3 is 5.32 Å². The summed E-state index contributed by atoms with van der Waals surface area (Å²) in [5, 5.41) is 5.74. The molecule has 0 amide bonds. The molecular weight excluding hydrogens is 246 g/mol. The third-order valence-corrected chi connectivity index (χ3v) is 4.44. The number of thiophene rings is 1. The first-order chi connectivity index (χ1) is 6.36. The molecule has 13 heavy (non-hydrogen) atoms. The molecule has 1 heterocycles. The standard InChI is InChI=1S/C10H14BrNS/c11-10-8(5-6-13-10)7-12-9-3-1-2-4-9/h5-6,9,12H,1-4,7H2. The molecule has 1 aromatic heterocycles. The first-order valence-corrected chi connectivity index (χ1v) is 6.49. The van der Waals surface area contributed by atoms with E-state index in [-0.39, 0.29) is 0 Å². The molecule has 2 rings (SSSR count). The lowest BCUT2D eigenvalue weighted by Gasteiger charge is -2.10. The highest BCUT2D eigenvalue weighted by Gasteiger charge is 2.14. The van der Waals surface area contributed by atoms with E-state index in [0.29, 0.717) is 0 Å². The second-order valence-corrected chi connectivity index (χ2v) is 5.82. The number of hydrogen-bond donors (Lipinski definition) is 1. The van der Waals surface area contributed by atoms with Crippen LogP contribution >= 0.6 is 27.3 Å². The van der Waals surface area contributed by atoms with E-state index < -0.39 is 0 Å². The Balaban J connectivity index is 1.82. The van der Waals surface area contributed by atoms with E-state index in [1.54, 1.807) is 11.3 Å². The zero-order valence-electron chi connectivity index (χ0n) is 7.55. The molecule has 0 unspecified atom stereocenters. The Morgan fingerprint density at radius 3 is 2.85 bits per heavy atom. The summed E-state index contributed by atoms with van der Waals surface area (Å²) in [4.78, 5) is 0. The van der Waals surface area contributed by atoms with E-state index in [4.69, 9.17) is 0 Å². The Morgan fingerprint density at radius 2 is 2.23 bits per heavy atom. The van der Waals surface area contributed by atoms with E-state index in [1.807, 2.05) is 0 Å². The SMILES string of the molecule is Brc1sccc1CNC1CCCC1. The molecule has 1 aromatic rings. The van der Waals surface area contributed by atoms with Crippen LogP contribution in [-0.2, 0) is 6.54 Å². The maximum absolute atomic E-state index is 3.60. The molecule has 1 aliphatic rings. The Morgan fingerprint density at radius 1 is 1.46 bits per heavy atom. The van der Waals surface area contributed by atoms with Gasteiger partial charge in [0.25, 0.3) is 0 Å². The molecule has 1 saturated carbocycles. The van der Waals surface area contributed by atoms with Gasteiger partial charge in [0, 0.05) is 12.6 Å². The summed E-state index contributed by atoms with van der Waals surface area (Å²) in [6.07, 6.45) is 5.54. The molecule has 0 aromatic carbocycles. The van der Waals surface area contributed by atoms with Crippen molar-refractivity contribution in [3.05, 3.63) is 20.8 Å². The van der Waals surface area contributed by atoms with Crippen molar-refractivity contribution in [1.29, 1.82) is 0 Å². The van der Waals surface area contributed by atoms with Gasteiger partial charge in [0.15, 0.2) is 0 Å². The van der Waals surface area contributed by atoms with Gasteiger partial charge in [-0.1, -0.05) is 12.8 Å². The Labute approximate surface area is 91.7 Å². The van der Waals surface area contributed by atoms with Gasteiger partial charge in [-0.2, -0.15) is 0 Å². The van der Waals surface area contributed by atoms with Gasteiger partial charge in [-0.3, -0.25) is 0 Å². The number of rotatable bonds is 3. The van der Waals surface area contributed by atoms with Gasteiger partial charge >= 0.3 is 0 Å². The summed E-state index contributed by atoms with van der Waals surface area (Å²) in [6.45, 7) is 1.02. The van der Waals surface area contributed by atoms with E-state index in [9.17, 15) is 0 Å². The van der Waals surface area contributed by atoms with Crippen LogP contribution in [0.3, 0.4) is 0 Å². The van der Waals surface area contributed by atoms with Crippen molar-refractivity contribution in [2.24, 2.45) is 0 Å². The lowest BCUT2D eigenvalue weighted by molar-refractivity contribution is 0.524. The Bertz CT molecular complexity index is 266. The van der Waals surface area contributed by atoms with E-state index >= 15 is 0 Å². The fourth-order valence-corrected chi connectivity index (χ4v) is 3.07. The van der Waals surface area contributed by atoms with Crippen molar-refractivity contribution < 1.29 is 0 Å². The van der Waals surface area contributed by atoms with Crippen LogP contribution in [0.15, 0.2) is 15.2 Å². The van der Waals surface area contributed by atoms with Crippen molar-refractivity contribution >= 4 is 27.3 Å². The van der Waals surface area contributed by atoms with Gasteiger partial charge in [0.05, 0.1) is 3.79 Å². The smallest absolute Gasteiger partial charge is 0.0743 e. The first kappa shape index (κ1) is 9.69. The topological polar surface area (TPSA) is 12.0 Å². The summed E-state index contributed by atoms with van der Waals surface area (Å²) in [6, 6.07) is 2.96. The first-order valence-electron chi connectivity index (χ1n) is 4.81. The highest BCUT2D eigenvalue weighted by molar-refractivity contribution is 9.11. The van der Waals surface area contributed by atoms with Gasteiger partial charge in [-0.25, -0.2) is 0 Å². The predicted octanol–water partition coefficient (Wildman–Crippen LogP) is 3.54. The van der Waals surface area contributed by atoms with Gasteiger partial charge in [0.2, 0.25) is 0 Å². The van der Waals surface area contributed by atoms with Crippen molar-refractivity contribution in [2.45, 2.75) is 38.3 Å². The maximum Gasteiger partial charge on any atom is 0.0743 e. The zero-order chi connectivity index (χ0) is 9.10. The van der Waals surface area contributed by atoms with Crippen LogP contribution in [-0.4, -0.2) is 6.04 Å². The normalized spacial score (nSPS) is 18.2. The number of hydrogen-bond acceptors (Lipinski definition) is 2. The molecule has 1 fully saturated rings. The van der Waals surface area contributed by atoms with Crippen molar-refractivity contribution in [3.8, 4) is 0 Å². The maximum atomic E-state index is 3.60. The molecule has 1 nitrogen and oxygen atoms in total. The molecule has 72 valence electrons. The highest BCUT2D eigenvalue weighted by Crippen LogP contribution is 2.24.